The van der Waals surface area contributed by atoms with Crippen molar-refractivity contribution in [3.63, 3.8) is 0 Å². The lowest BCUT2D eigenvalue weighted by Gasteiger charge is -2.21. The van der Waals surface area contributed by atoms with Gasteiger partial charge in [-0.2, -0.15) is 0 Å². The molecule has 3 N–H and O–H groups in total. The SMILES string of the molecule is CN=C(NCCCc1nnc(SC)n1C1CCCC1)NCC(=O)NC(C)(C)C. The highest BCUT2D eigenvalue weighted by atomic mass is 32.2. The number of guanidine groups is 1. The molecule has 1 aliphatic rings. The molecule has 1 aromatic heterocycles. The Labute approximate surface area is 172 Å². The maximum Gasteiger partial charge on any atom is 0.239 e. The zero-order valence-corrected chi connectivity index (χ0v) is 18.7. The van der Waals surface area contributed by atoms with Gasteiger partial charge in [0, 0.05) is 31.6 Å². The van der Waals surface area contributed by atoms with Gasteiger partial charge in [0.15, 0.2) is 11.1 Å². The van der Waals surface area contributed by atoms with E-state index in [1.54, 1.807) is 18.8 Å². The number of hydrogen-bond donors (Lipinski definition) is 3. The number of hydrogen-bond acceptors (Lipinski definition) is 5. The third-order valence-corrected chi connectivity index (χ3v) is 5.28. The Bertz CT molecular complexity index is 660. The minimum atomic E-state index is -0.236. The van der Waals surface area contributed by atoms with Crippen molar-refractivity contribution in [3.05, 3.63) is 5.82 Å². The van der Waals surface area contributed by atoms with Gasteiger partial charge in [-0.25, -0.2) is 0 Å². The van der Waals surface area contributed by atoms with Gasteiger partial charge < -0.3 is 20.5 Å². The molecule has 2 rings (SSSR count). The number of nitrogens with one attached hydrogen (secondary N) is 3. The summed E-state index contributed by atoms with van der Waals surface area (Å²) in [5, 5.41) is 19.1. The monoisotopic (exact) mass is 409 g/mol. The number of nitrogens with zero attached hydrogens (tertiary/aromatic N) is 4. The summed E-state index contributed by atoms with van der Waals surface area (Å²) in [5.41, 5.74) is -0.236. The highest BCUT2D eigenvalue weighted by Crippen LogP contribution is 2.33. The first-order valence-electron chi connectivity index (χ1n) is 10.1. The molecule has 28 heavy (non-hydrogen) atoms. The second-order valence-electron chi connectivity index (χ2n) is 8.17. The van der Waals surface area contributed by atoms with Crippen LogP contribution in [0.4, 0.5) is 0 Å². The molecule has 8 nitrogen and oxygen atoms in total. The van der Waals surface area contributed by atoms with Crippen LogP contribution >= 0.6 is 11.8 Å². The summed E-state index contributed by atoms with van der Waals surface area (Å²) in [6, 6.07) is 0.552. The van der Waals surface area contributed by atoms with Crippen molar-refractivity contribution in [3.8, 4) is 0 Å². The first kappa shape index (κ1) is 22.5. The lowest BCUT2D eigenvalue weighted by molar-refractivity contribution is -0.121. The maximum absolute atomic E-state index is 11.9. The van der Waals surface area contributed by atoms with Crippen molar-refractivity contribution in [2.24, 2.45) is 4.99 Å². The molecule has 0 bridgehead atoms. The smallest absolute Gasteiger partial charge is 0.239 e. The lowest BCUT2D eigenvalue weighted by atomic mass is 10.1. The first-order chi connectivity index (χ1) is 13.3. The Morgan fingerprint density at radius 3 is 2.57 bits per heavy atom. The summed E-state index contributed by atoms with van der Waals surface area (Å²) >= 11 is 1.67. The summed E-state index contributed by atoms with van der Waals surface area (Å²) in [7, 11) is 1.71. The second kappa shape index (κ2) is 10.7. The van der Waals surface area contributed by atoms with Gasteiger partial charge in [-0.05, 0) is 46.3 Å². The van der Waals surface area contributed by atoms with E-state index in [0.29, 0.717) is 12.0 Å². The van der Waals surface area contributed by atoms with Gasteiger partial charge in [0.25, 0.3) is 0 Å². The Morgan fingerprint density at radius 1 is 1.25 bits per heavy atom. The minimum absolute atomic E-state index is 0.0512. The zero-order chi connectivity index (χ0) is 20.6. The fourth-order valence-corrected chi connectivity index (χ4v) is 4.02. The number of aliphatic imine (C=N–C) groups is 1. The predicted molar refractivity (Wildman–Crippen MR) is 115 cm³/mol. The third-order valence-electron chi connectivity index (χ3n) is 4.63. The van der Waals surface area contributed by atoms with Crippen LogP contribution < -0.4 is 16.0 Å². The van der Waals surface area contributed by atoms with Crippen LogP contribution in [-0.2, 0) is 11.2 Å². The molecule has 9 heteroatoms. The fraction of sp³-hybridized carbons (Fsp3) is 0.789. The average molecular weight is 410 g/mol. The molecule has 1 fully saturated rings. The number of aromatic nitrogens is 3. The van der Waals surface area contributed by atoms with Gasteiger partial charge in [-0.3, -0.25) is 9.79 Å². The molecule has 0 saturated heterocycles. The predicted octanol–water partition coefficient (Wildman–Crippen LogP) is 2.13. The van der Waals surface area contributed by atoms with E-state index in [-0.39, 0.29) is 18.0 Å². The van der Waals surface area contributed by atoms with E-state index in [9.17, 15) is 4.79 Å². The van der Waals surface area contributed by atoms with Crippen molar-refractivity contribution in [2.45, 2.75) is 76.0 Å². The third kappa shape index (κ3) is 7.00. The van der Waals surface area contributed by atoms with E-state index in [0.717, 1.165) is 30.4 Å². The van der Waals surface area contributed by atoms with Crippen LogP contribution in [0.2, 0.25) is 0 Å². The van der Waals surface area contributed by atoms with E-state index >= 15 is 0 Å². The molecule has 1 aromatic rings. The van der Waals surface area contributed by atoms with Gasteiger partial charge in [0.05, 0.1) is 6.54 Å². The highest BCUT2D eigenvalue weighted by Gasteiger charge is 2.23. The number of rotatable bonds is 8. The van der Waals surface area contributed by atoms with E-state index in [4.69, 9.17) is 0 Å². The zero-order valence-electron chi connectivity index (χ0n) is 17.8. The Morgan fingerprint density at radius 2 is 1.96 bits per heavy atom. The molecular weight excluding hydrogens is 374 g/mol. The number of aryl methyl sites for hydroxylation is 1. The molecule has 1 heterocycles. The van der Waals surface area contributed by atoms with Gasteiger partial charge in [0.1, 0.15) is 5.82 Å². The largest absolute Gasteiger partial charge is 0.356 e. The number of thioether (sulfide) groups is 1. The molecule has 0 radical (unpaired) electrons. The molecule has 158 valence electrons. The first-order valence-corrected chi connectivity index (χ1v) is 11.3. The summed E-state index contributed by atoms with van der Waals surface area (Å²) in [4.78, 5) is 16.1. The maximum atomic E-state index is 11.9. The Hall–Kier alpha value is -1.77. The molecular formula is C19H35N7OS. The van der Waals surface area contributed by atoms with Crippen molar-refractivity contribution in [1.29, 1.82) is 0 Å². The van der Waals surface area contributed by atoms with Crippen LogP contribution in [0.3, 0.4) is 0 Å². The molecule has 1 saturated carbocycles. The summed E-state index contributed by atoms with van der Waals surface area (Å²) in [5.74, 6) is 1.65. The molecule has 0 aliphatic heterocycles. The summed E-state index contributed by atoms with van der Waals surface area (Å²) in [6.45, 7) is 6.84. The normalized spacial score (nSPS) is 15.7. The van der Waals surface area contributed by atoms with Gasteiger partial charge in [-0.15, -0.1) is 10.2 Å². The van der Waals surface area contributed by atoms with Crippen LogP contribution in [-0.4, -0.2) is 58.6 Å². The van der Waals surface area contributed by atoms with Gasteiger partial charge in [-0.1, -0.05) is 24.6 Å². The molecule has 0 aromatic carbocycles. The van der Waals surface area contributed by atoms with Crippen molar-refractivity contribution in [1.82, 2.24) is 30.7 Å². The van der Waals surface area contributed by atoms with Crippen molar-refractivity contribution < 1.29 is 4.79 Å². The van der Waals surface area contributed by atoms with E-state index in [1.807, 2.05) is 20.8 Å². The number of amides is 1. The van der Waals surface area contributed by atoms with Crippen LogP contribution in [0.25, 0.3) is 0 Å². The number of carbonyl (C=O) groups is 1. The molecule has 0 atom stereocenters. The average Bonchev–Trinajstić information content (AvgIpc) is 3.28. The van der Waals surface area contributed by atoms with Crippen LogP contribution in [0.1, 0.15) is 64.7 Å². The molecule has 0 unspecified atom stereocenters. The quantitative estimate of drug-likeness (QED) is 0.263. The van der Waals surface area contributed by atoms with Gasteiger partial charge >= 0.3 is 0 Å². The lowest BCUT2D eigenvalue weighted by Crippen LogP contribution is -2.48. The molecule has 1 amide bonds. The Balaban J connectivity index is 1.77. The van der Waals surface area contributed by atoms with Crippen LogP contribution in [0, 0.1) is 0 Å². The molecule has 0 spiro atoms. The topological polar surface area (TPSA) is 96.2 Å². The summed E-state index contributed by atoms with van der Waals surface area (Å²) in [6.07, 6.45) is 8.90. The second-order valence-corrected chi connectivity index (χ2v) is 8.94. The standard InChI is InChI=1S/C19H35N7OS/c1-19(2,3)23-16(27)13-22-17(20-4)21-12-8-11-15-24-25-18(28-5)26(15)14-9-6-7-10-14/h14H,6-13H2,1-5H3,(H,23,27)(H2,20,21,22). The fourth-order valence-electron chi connectivity index (χ4n) is 3.45. The van der Waals surface area contributed by atoms with Crippen molar-refractivity contribution in [2.75, 3.05) is 26.4 Å². The van der Waals surface area contributed by atoms with Gasteiger partial charge in [0.2, 0.25) is 5.91 Å². The minimum Gasteiger partial charge on any atom is -0.356 e. The number of carbonyl (C=O) groups excluding carboxylic acids is 1. The van der Waals surface area contributed by atoms with Crippen LogP contribution in [0.15, 0.2) is 10.1 Å². The highest BCUT2D eigenvalue weighted by molar-refractivity contribution is 7.98. The van der Waals surface area contributed by atoms with E-state index in [1.165, 1.54) is 25.7 Å². The van der Waals surface area contributed by atoms with E-state index < -0.39 is 0 Å². The molecule has 1 aliphatic carbocycles. The summed E-state index contributed by atoms with van der Waals surface area (Å²) < 4.78 is 2.35. The van der Waals surface area contributed by atoms with Crippen LogP contribution in [0.5, 0.6) is 0 Å². The Kier molecular flexibility index (Phi) is 8.59. The van der Waals surface area contributed by atoms with E-state index in [2.05, 4.69) is 42.0 Å². The van der Waals surface area contributed by atoms with Crippen molar-refractivity contribution >= 4 is 23.6 Å².